The molecule has 0 aliphatic rings. The fourth-order valence-corrected chi connectivity index (χ4v) is 6.55. The van der Waals surface area contributed by atoms with E-state index in [0.29, 0.717) is 0 Å². The first-order chi connectivity index (χ1) is 20.5. The van der Waals surface area contributed by atoms with Gasteiger partial charge in [-0.1, -0.05) is 181 Å². The molecule has 0 saturated heterocycles. The van der Waals surface area contributed by atoms with Gasteiger partial charge in [-0.15, -0.1) is 0 Å². The summed E-state index contributed by atoms with van der Waals surface area (Å²) in [4.78, 5) is 20.4. The molecule has 0 atom stereocenters. The molecule has 4 nitrogen and oxygen atoms in total. The van der Waals surface area contributed by atoms with Crippen molar-refractivity contribution in [2.75, 3.05) is 23.0 Å². The van der Waals surface area contributed by atoms with E-state index in [-0.39, 0.29) is 34.6 Å². The number of hydrogen-bond donors (Lipinski definition) is 0. The van der Waals surface area contributed by atoms with Crippen molar-refractivity contribution >= 4 is 58.5 Å². The second kappa shape index (κ2) is 44.5. The molecule has 0 aromatic heterocycles. The van der Waals surface area contributed by atoms with E-state index in [9.17, 15) is 19.8 Å². The van der Waals surface area contributed by atoms with Crippen LogP contribution in [-0.2, 0) is 9.59 Å². The molecule has 0 rings (SSSR count). The van der Waals surface area contributed by atoms with Crippen LogP contribution in [0.25, 0.3) is 0 Å². The van der Waals surface area contributed by atoms with Gasteiger partial charge in [0.2, 0.25) is 0 Å². The van der Waals surface area contributed by atoms with Gasteiger partial charge < -0.3 is 19.8 Å². The molecular weight excluding hydrogens is 585 g/mol. The number of carboxylic acid groups (broad SMARTS) is 2. The van der Waals surface area contributed by atoms with Crippen LogP contribution in [-0.4, -0.2) is 58.0 Å². The van der Waals surface area contributed by atoms with Crippen LogP contribution in [0.4, 0.5) is 0 Å². The van der Waals surface area contributed by atoms with Gasteiger partial charge in [0.05, 0.1) is 11.9 Å². The predicted molar refractivity (Wildman–Crippen MR) is 191 cm³/mol. The zero-order valence-corrected chi connectivity index (χ0v) is 31.8. The van der Waals surface area contributed by atoms with Crippen molar-refractivity contribution in [3.63, 3.8) is 0 Å². The summed E-state index contributed by atoms with van der Waals surface area (Å²) in [6.07, 6.45) is 38.3. The first-order valence-corrected chi connectivity index (χ1v) is 20.4. The van der Waals surface area contributed by atoms with Crippen LogP contribution in [0.15, 0.2) is 0 Å². The fourth-order valence-electron chi connectivity index (χ4n) is 5.11. The average molecular weight is 655 g/mol. The first kappa shape index (κ1) is 47.8. The zero-order valence-electron chi connectivity index (χ0n) is 28.8. The van der Waals surface area contributed by atoms with Gasteiger partial charge in [0.1, 0.15) is 0 Å². The molecule has 0 aromatic carbocycles. The molecule has 0 aliphatic heterocycles. The maximum Gasteiger partial charge on any atom is 2.00 e. The van der Waals surface area contributed by atoms with Crippen molar-refractivity contribution in [1.82, 2.24) is 0 Å². The van der Waals surface area contributed by atoms with E-state index in [1.54, 1.807) is 0 Å². The normalized spacial score (nSPS) is 10.7. The molecule has 0 unspecified atom stereocenters. The van der Waals surface area contributed by atoms with Gasteiger partial charge in [-0.3, -0.25) is 0 Å². The van der Waals surface area contributed by atoms with Crippen molar-refractivity contribution in [2.24, 2.45) is 0 Å². The minimum Gasteiger partial charge on any atom is -0.549 e. The number of hydrogen-bond acceptors (Lipinski definition) is 6. The molecule has 0 aliphatic carbocycles. The Morgan fingerprint density at radius 2 is 0.558 bits per heavy atom. The number of thioether (sulfide) groups is 2. The molecule has 43 heavy (non-hydrogen) atoms. The molecule has 252 valence electrons. The van der Waals surface area contributed by atoms with Crippen molar-refractivity contribution in [3.05, 3.63) is 0 Å². The van der Waals surface area contributed by atoms with E-state index in [1.807, 2.05) is 0 Å². The second-order valence-electron chi connectivity index (χ2n) is 12.0. The number of rotatable bonds is 34. The summed E-state index contributed by atoms with van der Waals surface area (Å²) >= 11 is 2.97. The Morgan fingerprint density at radius 3 is 0.744 bits per heavy atom. The second-order valence-corrected chi connectivity index (χ2v) is 14.3. The minimum absolute atomic E-state index is 0. The first-order valence-electron chi connectivity index (χ1n) is 18.1. The van der Waals surface area contributed by atoms with Gasteiger partial charge in [-0.25, -0.2) is 0 Å². The van der Waals surface area contributed by atoms with Crippen molar-refractivity contribution in [1.29, 1.82) is 0 Å². The molecule has 0 spiro atoms. The van der Waals surface area contributed by atoms with Crippen molar-refractivity contribution < 1.29 is 19.8 Å². The minimum atomic E-state index is -0.939. The maximum atomic E-state index is 10.2. The molecular formula is C36H70MgO4S2. The number of carbonyl (C=O) groups is 2. The van der Waals surface area contributed by atoms with Crippen LogP contribution in [0.1, 0.15) is 194 Å². The van der Waals surface area contributed by atoms with E-state index >= 15 is 0 Å². The summed E-state index contributed by atoms with van der Waals surface area (Å²) in [6.45, 7) is 4.54. The number of aliphatic carboxylic acids is 2. The van der Waals surface area contributed by atoms with Crippen LogP contribution in [0.5, 0.6) is 0 Å². The maximum absolute atomic E-state index is 10.2. The van der Waals surface area contributed by atoms with E-state index in [1.165, 1.54) is 190 Å². The summed E-state index contributed by atoms with van der Waals surface area (Å²) in [5, 5.41) is 20.4. The molecule has 0 radical (unpaired) electrons. The van der Waals surface area contributed by atoms with Crippen LogP contribution in [0, 0.1) is 0 Å². The van der Waals surface area contributed by atoms with E-state index in [2.05, 4.69) is 13.8 Å². The topological polar surface area (TPSA) is 80.3 Å². The molecule has 0 saturated carbocycles. The summed E-state index contributed by atoms with van der Waals surface area (Å²) in [6, 6.07) is 0. The Kier molecular flexibility index (Phi) is 49.5. The van der Waals surface area contributed by atoms with Gasteiger partial charge in [0, 0.05) is 11.5 Å². The van der Waals surface area contributed by atoms with Crippen LogP contribution in [0.2, 0.25) is 0 Å². The zero-order chi connectivity index (χ0) is 31.2. The summed E-state index contributed by atoms with van der Waals surface area (Å²) in [5.74, 6) is 0.352. The molecule has 0 bridgehead atoms. The smallest absolute Gasteiger partial charge is 0.549 e. The molecule has 0 fully saturated rings. The molecule has 0 heterocycles. The number of carbonyl (C=O) groups excluding carboxylic acids is 2. The standard InChI is InChI=1S/2C18H36O2S.Mg/c2*1-2-3-4-5-6-7-8-9-10-11-12-13-14-15-16-21-17-18(19)20;/h2*2-17H2,1H3,(H,19,20);/q;;+2/p-2. The molecule has 0 N–H and O–H groups in total. The van der Waals surface area contributed by atoms with Crippen LogP contribution in [0.3, 0.4) is 0 Å². The van der Waals surface area contributed by atoms with E-state index in [0.717, 1.165) is 24.3 Å². The summed E-state index contributed by atoms with van der Waals surface area (Å²) in [7, 11) is 0. The Morgan fingerprint density at radius 1 is 0.372 bits per heavy atom. The number of unbranched alkanes of at least 4 members (excludes halogenated alkanes) is 26. The fraction of sp³-hybridized carbons (Fsp3) is 0.944. The Hall–Kier alpha value is 0.406. The third kappa shape index (κ3) is 52.2. The summed E-state index contributed by atoms with van der Waals surface area (Å²) < 4.78 is 0. The average Bonchev–Trinajstić information content (AvgIpc) is 2.97. The number of carboxylic acids is 2. The molecule has 0 aromatic rings. The van der Waals surface area contributed by atoms with E-state index in [4.69, 9.17) is 0 Å². The van der Waals surface area contributed by atoms with Gasteiger partial charge in [-0.2, -0.15) is 23.5 Å². The Labute approximate surface area is 293 Å². The largest absolute Gasteiger partial charge is 2.00 e. The quantitative estimate of drug-likeness (QED) is 0.0508. The third-order valence-corrected chi connectivity index (χ3v) is 9.76. The molecule has 7 heteroatoms. The van der Waals surface area contributed by atoms with Crippen molar-refractivity contribution in [2.45, 2.75) is 194 Å². The Bertz CT molecular complexity index is 491. The van der Waals surface area contributed by atoms with Crippen LogP contribution >= 0.6 is 23.5 Å². The van der Waals surface area contributed by atoms with Gasteiger partial charge in [-0.05, 0) is 24.3 Å². The SMILES string of the molecule is CCCCCCCCCCCCCCCCSCC(=O)[O-].CCCCCCCCCCCCCCCCSCC(=O)[O-].[Mg+2]. The van der Waals surface area contributed by atoms with Gasteiger partial charge in [0.15, 0.2) is 0 Å². The third-order valence-electron chi connectivity index (χ3n) is 7.72. The van der Waals surface area contributed by atoms with Crippen LogP contribution < -0.4 is 10.2 Å². The Balaban J connectivity index is -0.000000727. The predicted octanol–water partition coefficient (Wildman–Crippen LogP) is 9.52. The molecule has 0 amide bonds. The van der Waals surface area contributed by atoms with Gasteiger partial charge in [0.25, 0.3) is 0 Å². The van der Waals surface area contributed by atoms with Gasteiger partial charge >= 0.3 is 23.1 Å². The van der Waals surface area contributed by atoms with Crippen molar-refractivity contribution in [3.8, 4) is 0 Å². The van der Waals surface area contributed by atoms with E-state index < -0.39 is 11.9 Å². The summed E-state index contributed by atoms with van der Waals surface area (Å²) in [5.41, 5.74) is 0. The monoisotopic (exact) mass is 654 g/mol.